The van der Waals surface area contributed by atoms with E-state index in [2.05, 4.69) is 10.2 Å². The van der Waals surface area contributed by atoms with Gasteiger partial charge in [0.05, 0.1) is 0 Å². The molecule has 4 rings (SSSR count). The van der Waals surface area contributed by atoms with Crippen molar-refractivity contribution in [1.82, 2.24) is 14.8 Å². The topological polar surface area (TPSA) is 39.9 Å². The van der Waals surface area contributed by atoms with Crippen LogP contribution in [0.2, 0.25) is 0 Å². The molecule has 1 aliphatic carbocycles. The Labute approximate surface area is 170 Å². The molecule has 1 heterocycles. The van der Waals surface area contributed by atoms with Crippen LogP contribution >= 0.6 is 35.0 Å². The van der Waals surface area contributed by atoms with Crippen molar-refractivity contribution in [3.8, 4) is 11.4 Å². The Morgan fingerprint density at radius 1 is 1.11 bits per heavy atom. The second-order valence-electron chi connectivity index (χ2n) is 6.26. The molecule has 27 heavy (non-hydrogen) atoms. The van der Waals surface area contributed by atoms with E-state index in [0.717, 1.165) is 23.0 Å². The Morgan fingerprint density at radius 2 is 1.81 bits per heavy atom. The van der Waals surface area contributed by atoms with Crippen LogP contribution in [0.3, 0.4) is 0 Å². The highest BCUT2D eigenvalue weighted by molar-refractivity contribution is 7.99. The molecule has 0 amide bonds. The van der Waals surface area contributed by atoms with Gasteiger partial charge in [0.25, 0.3) is 0 Å². The number of alkyl halides is 2. The summed E-state index contributed by atoms with van der Waals surface area (Å²) >= 11 is 13.8. The molecule has 1 fully saturated rings. The standard InChI is InChI=1S/C19H16Cl2FN3OS/c20-19(21)10-13(19)12-27-18-24-23-17(25(18)14-6-2-1-3-7-14)11-26-16-9-5-4-8-15(16)22/h1-9,13H,10-12H2. The third-order valence-corrected chi connectivity index (χ3v) is 6.29. The fourth-order valence-corrected chi connectivity index (χ4v) is 4.55. The summed E-state index contributed by atoms with van der Waals surface area (Å²) in [4.78, 5) is 0. The lowest BCUT2D eigenvalue weighted by atomic mass is 10.3. The summed E-state index contributed by atoms with van der Waals surface area (Å²) < 4.78 is 20.7. The minimum Gasteiger partial charge on any atom is -0.483 e. The summed E-state index contributed by atoms with van der Waals surface area (Å²) in [7, 11) is 0. The zero-order valence-corrected chi connectivity index (χ0v) is 16.5. The van der Waals surface area contributed by atoms with E-state index in [1.54, 1.807) is 30.0 Å². The van der Waals surface area contributed by atoms with Crippen LogP contribution in [0.5, 0.6) is 5.75 Å². The van der Waals surface area contributed by atoms with Crippen molar-refractivity contribution in [2.24, 2.45) is 5.92 Å². The molecule has 4 nitrogen and oxygen atoms in total. The summed E-state index contributed by atoms with van der Waals surface area (Å²) in [6.45, 7) is 0.0990. The Kier molecular flexibility index (Phi) is 5.30. The molecular weight excluding hydrogens is 408 g/mol. The van der Waals surface area contributed by atoms with Gasteiger partial charge in [0.2, 0.25) is 0 Å². The molecule has 140 valence electrons. The van der Waals surface area contributed by atoms with Crippen molar-refractivity contribution in [2.75, 3.05) is 5.75 Å². The Bertz CT molecular complexity index is 936. The monoisotopic (exact) mass is 423 g/mol. The lowest BCUT2D eigenvalue weighted by Crippen LogP contribution is -2.07. The van der Waals surface area contributed by atoms with Gasteiger partial charge in [-0.05, 0) is 30.7 Å². The predicted octanol–water partition coefficient (Wildman–Crippen LogP) is 5.27. The van der Waals surface area contributed by atoms with Crippen molar-refractivity contribution >= 4 is 35.0 Å². The summed E-state index contributed by atoms with van der Waals surface area (Å²) in [6.07, 6.45) is 0.784. The van der Waals surface area contributed by atoms with E-state index in [1.807, 2.05) is 34.9 Å². The van der Waals surface area contributed by atoms with E-state index in [0.29, 0.717) is 5.82 Å². The van der Waals surface area contributed by atoms with E-state index in [1.165, 1.54) is 6.07 Å². The predicted molar refractivity (Wildman–Crippen MR) is 105 cm³/mol. The summed E-state index contributed by atoms with van der Waals surface area (Å²) in [6, 6.07) is 16.0. The van der Waals surface area contributed by atoms with Gasteiger partial charge in [-0.1, -0.05) is 42.1 Å². The van der Waals surface area contributed by atoms with Crippen molar-refractivity contribution in [2.45, 2.75) is 22.5 Å². The zero-order chi connectivity index (χ0) is 18.9. The minimum absolute atomic E-state index is 0.0990. The Hall–Kier alpha value is -1.76. The van der Waals surface area contributed by atoms with Gasteiger partial charge in [0, 0.05) is 17.4 Å². The molecule has 0 saturated heterocycles. The van der Waals surface area contributed by atoms with Crippen LogP contribution in [0.15, 0.2) is 59.8 Å². The van der Waals surface area contributed by atoms with Gasteiger partial charge in [-0.3, -0.25) is 4.57 Å². The minimum atomic E-state index is -0.624. The van der Waals surface area contributed by atoms with E-state index >= 15 is 0 Å². The van der Waals surface area contributed by atoms with Crippen molar-refractivity contribution < 1.29 is 9.13 Å². The summed E-state index contributed by atoms with van der Waals surface area (Å²) in [5.74, 6) is 1.36. The van der Waals surface area contributed by atoms with Gasteiger partial charge in [-0.15, -0.1) is 33.4 Å². The van der Waals surface area contributed by atoms with Gasteiger partial charge < -0.3 is 4.74 Å². The molecule has 0 N–H and O–H groups in total. The first-order chi connectivity index (χ1) is 13.0. The molecule has 0 bridgehead atoms. The number of benzene rings is 2. The number of thioether (sulfide) groups is 1. The second kappa shape index (κ2) is 7.70. The van der Waals surface area contributed by atoms with Gasteiger partial charge >= 0.3 is 0 Å². The number of hydrogen-bond donors (Lipinski definition) is 0. The Balaban J connectivity index is 1.56. The number of aromatic nitrogens is 3. The van der Waals surface area contributed by atoms with Crippen LogP contribution in [0, 0.1) is 11.7 Å². The number of hydrogen-bond acceptors (Lipinski definition) is 4. The normalized spacial score (nSPS) is 17.7. The molecule has 1 unspecified atom stereocenters. The van der Waals surface area contributed by atoms with Gasteiger partial charge in [-0.25, -0.2) is 4.39 Å². The van der Waals surface area contributed by atoms with E-state index in [-0.39, 0.29) is 18.3 Å². The van der Waals surface area contributed by atoms with Crippen molar-refractivity contribution in [1.29, 1.82) is 0 Å². The highest BCUT2D eigenvalue weighted by Gasteiger charge is 2.51. The first-order valence-electron chi connectivity index (χ1n) is 8.42. The van der Waals surface area contributed by atoms with Crippen LogP contribution in [0.1, 0.15) is 12.2 Å². The highest BCUT2D eigenvalue weighted by Crippen LogP contribution is 2.54. The largest absolute Gasteiger partial charge is 0.483 e. The quantitative estimate of drug-likeness (QED) is 0.383. The second-order valence-corrected chi connectivity index (χ2v) is 8.79. The average Bonchev–Trinajstić information content (AvgIpc) is 3.10. The molecule has 8 heteroatoms. The first-order valence-corrected chi connectivity index (χ1v) is 10.2. The molecule has 2 aromatic carbocycles. The van der Waals surface area contributed by atoms with Gasteiger partial charge in [0.1, 0.15) is 10.9 Å². The smallest absolute Gasteiger partial charge is 0.195 e. The number of ether oxygens (including phenoxy) is 1. The Morgan fingerprint density at radius 3 is 2.52 bits per heavy atom. The highest BCUT2D eigenvalue weighted by atomic mass is 35.5. The van der Waals surface area contributed by atoms with E-state index in [4.69, 9.17) is 27.9 Å². The molecule has 0 radical (unpaired) electrons. The van der Waals surface area contributed by atoms with Gasteiger partial charge in [0.15, 0.2) is 22.5 Å². The summed E-state index contributed by atoms with van der Waals surface area (Å²) in [5, 5.41) is 9.27. The summed E-state index contributed by atoms with van der Waals surface area (Å²) in [5.41, 5.74) is 0.913. The average molecular weight is 424 g/mol. The SMILES string of the molecule is Fc1ccccc1OCc1nnc(SCC2CC2(Cl)Cl)n1-c1ccccc1. The van der Waals surface area contributed by atoms with E-state index < -0.39 is 10.2 Å². The van der Waals surface area contributed by atoms with Crippen LogP contribution in [0.25, 0.3) is 5.69 Å². The molecule has 3 aromatic rings. The fourth-order valence-electron chi connectivity index (χ4n) is 2.65. The first kappa shape index (κ1) is 18.6. The lowest BCUT2D eigenvalue weighted by Gasteiger charge is -2.11. The maximum Gasteiger partial charge on any atom is 0.195 e. The maximum atomic E-state index is 13.8. The molecule has 0 spiro atoms. The van der Waals surface area contributed by atoms with Crippen molar-refractivity contribution in [3.63, 3.8) is 0 Å². The van der Waals surface area contributed by atoms with Crippen molar-refractivity contribution in [3.05, 3.63) is 66.2 Å². The van der Waals surface area contributed by atoms with Crippen LogP contribution in [0.4, 0.5) is 4.39 Å². The maximum absolute atomic E-state index is 13.8. The molecule has 0 aliphatic heterocycles. The van der Waals surface area contributed by atoms with Crippen LogP contribution in [-0.4, -0.2) is 24.9 Å². The number of halogens is 3. The number of para-hydroxylation sites is 2. The molecular formula is C19H16Cl2FN3OS. The van der Waals surface area contributed by atoms with Crippen LogP contribution in [-0.2, 0) is 6.61 Å². The molecule has 1 saturated carbocycles. The lowest BCUT2D eigenvalue weighted by molar-refractivity contribution is 0.278. The number of rotatable bonds is 7. The zero-order valence-electron chi connectivity index (χ0n) is 14.2. The van der Waals surface area contributed by atoms with E-state index in [9.17, 15) is 4.39 Å². The number of nitrogens with zero attached hydrogens (tertiary/aromatic N) is 3. The van der Waals surface area contributed by atoms with Crippen LogP contribution < -0.4 is 4.74 Å². The van der Waals surface area contributed by atoms with Gasteiger partial charge in [-0.2, -0.15) is 0 Å². The molecule has 1 aromatic heterocycles. The fraction of sp³-hybridized carbons (Fsp3) is 0.263. The molecule has 1 aliphatic rings. The third-order valence-electron chi connectivity index (χ3n) is 4.28. The third kappa shape index (κ3) is 4.23. The molecule has 1 atom stereocenters.